The van der Waals surface area contributed by atoms with E-state index in [2.05, 4.69) is 9.98 Å². The first kappa shape index (κ1) is 27.8. The number of hydrogen-bond donors (Lipinski definition) is 0. The summed E-state index contributed by atoms with van der Waals surface area (Å²) < 4.78 is 59.2. The van der Waals surface area contributed by atoms with Crippen LogP contribution in [-0.4, -0.2) is 35.5 Å². The van der Waals surface area contributed by atoms with Gasteiger partial charge in [0.15, 0.2) is 0 Å². The maximum Gasteiger partial charge on any atom is 3.00 e. The Bertz CT molecular complexity index is 1310. The van der Waals surface area contributed by atoms with Crippen molar-refractivity contribution < 1.29 is 47.6 Å². The van der Waals surface area contributed by atoms with Crippen LogP contribution < -0.4 is 9.97 Å². The van der Waals surface area contributed by atoms with E-state index in [1.165, 1.54) is 0 Å². The second-order valence-corrected chi connectivity index (χ2v) is 9.57. The van der Waals surface area contributed by atoms with Crippen molar-refractivity contribution in [1.82, 2.24) is 19.9 Å². The molecule has 0 radical (unpaired) electrons. The Kier molecular flexibility index (Phi) is 7.67. The summed E-state index contributed by atoms with van der Waals surface area (Å²) in [6, 6.07) is 15.7. The van der Waals surface area contributed by atoms with E-state index in [1.807, 2.05) is 61.0 Å². The first-order chi connectivity index (χ1) is 16.3. The van der Waals surface area contributed by atoms with Crippen LogP contribution in [-0.2, 0) is 22.4 Å². The van der Waals surface area contributed by atoms with Crippen LogP contribution in [0.25, 0.3) is 33.8 Å². The van der Waals surface area contributed by atoms with Gasteiger partial charge >= 0.3 is 55.4 Å². The standard InChI is InChI=1S/C22H18N6.Au.F6P/c1-2-6-18-17(5-1)27-21-19-9-7-15(25-19)13-23-11-3-4-12-24-14-16-8-10-20(26-16)22(21)28-18;;1-7(2,3,4,5)6/h1-2,5-10,13-14H,3-4,11-12H2;;/q-2;+3;-1. The number of fused-ring (bicyclic) bond motifs is 8. The van der Waals surface area contributed by atoms with Crippen molar-refractivity contribution in [3.63, 3.8) is 0 Å². The fourth-order valence-electron chi connectivity index (χ4n) is 3.24. The molecule has 0 unspecified atom stereocenters. The molecule has 5 rings (SSSR count). The number of aliphatic imine (C=N–C) groups is 2. The van der Waals surface area contributed by atoms with Gasteiger partial charge in [-0.2, -0.15) is 0 Å². The third kappa shape index (κ3) is 8.70. The van der Waals surface area contributed by atoms with Crippen molar-refractivity contribution in [2.75, 3.05) is 13.1 Å². The van der Waals surface area contributed by atoms with Crippen LogP contribution in [0.15, 0.2) is 58.5 Å². The molecule has 3 aromatic heterocycles. The Balaban J connectivity index is 0.000000400. The predicted molar refractivity (Wildman–Crippen MR) is 125 cm³/mol. The number of benzene rings is 1. The summed E-state index contributed by atoms with van der Waals surface area (Å²) in [4.78, 5) is 28.1. The van der Waals surface area contributed by atoms with Crippen LogP contribution in [0.4, 0.5) is 25.2 Å². The number of nitrogens with zero attached hydrogens (tertiary/aromatic N) is 6. The van der Waals surface area contributed by atoms with Gasteiger partial charge in [0.25, 0.3) is 0 Å². The van der Waals surface area contributed by atoms with E-state index in [4.69, 9.17) is 19.9 Å². The molecule has 36 heavy (non-hydrogen) atoms. The maximum atomic E-state index is 9.87. The van der Waals surface area contributed by atoms with Crippen LogP contribution in [0.5, 0.6) is 0 Å². The average molecular weight is 708 g/mol. The molecule has 0 atom stereocenters. The molecule has 1 aliphatic heterocycles. The zero-order valence-electron chi connectivity index (χ0n) is 18.3. The topological polar surface area (TPSA) is 78.7 Å². The Labute approximate surface area is 217 Å². The summed E-state index contributed by atoms with van der Waals surface area (Å²) in [7, 11) is -10.7. The van der Waals surface area contributed by atoms with Gasteiger partial charge in [-0.3, -0.25) is 9.98 Å². The Hall–Kier alpha value is -2.79. The smallest absolute Gasteiger partial charge is 3.00 e. The quantitative estimate of drug-likeness (QED) is 0.113. The van der Waals surface area contributed by atoms with Crippen molar-refractivity contribution in [2.45, 2.75) is 12.8 Å². The third-order valence-corrected chi connectivity index (χ3v) is 4.65. The van der Waals surface area contributed by atoms with E-state index >= 15 is 0 Å². The van der Waals surface area contributed by atoms with Gasteiger partial charge in [-0.1, -0.05) is 36.4 Å². The number of rotatable bonds is 0. The second-order valence-electron chi connectivity index (χ2n) is 7.66. The molecule has 0 amide bonds. The SMILES string of the molecule is C1=NCCCCN=Cc2ccc([n-]2)-c2nc3ccccc3nc2-c2ccc1[n-]2.F[P-](F)(F)(F)(F)F.[Au+3]. The number of hydrogen-bond acceptors (Lipinski definition) is 4. The Morgan fingerprint density at radius 3 is 1.39 bits per heavy atom. The van der Waals surface area contributed by atoms with Crippen LogP contribution in [0.1, 0.15) is 24.2 Å². The van der Waals surface area contributed by atoms with Gasteiger partial charge in [0, 0.05) is 25.5 Å². The van der Waals surface area contributed by atoms with Gasteiger partial charge in [-0.15, -0.1) is 22.8 Å². The zero-order chi connectivity index (χ0) is 25.2. The normalized spacial score (nSPS) is 15.6. The zero-order valence-corrected chi connectivity index (χ0v) is 21.4. The minimum Gasteiger partial charge on any atom is 3.00 e. The molecule has 194 valence electrons. The monoisotopic (exact) mass is 708 g/mol. The van der Waals surface area contributed by atoms with Crippen molar-refractivity contribution >= 4 is 31.3 Å². The van der Waals surface area contributed by atoms with Crippen LogP contribution in [0, 0.1) is 0 Å². The van der Waals surface area contributed by atoms with Gasteiger partial charge in [-0.25, -0.2) is 9.97 Å². The molecule has 4 heterocycles. The fourth-order valence-corrected chi connectivity index (χ4v) is 3.24. The first-order valence-corrected chi connectivity index (χ1v) is 12.5. The molecule has 1 aliphatic rings. The van der Waals surface area contributed by atoms with Crippen molar-refractivity contribution in [3.8, 4) is 22.8 Å². The molecule has 6 nitrogen and oxygen atoms in total. The van der Waals surface area contributed by atoms with Crippen LogP contribution >= 0.6 is 7.81 Å². The number of para-hydroxylation sites is 2. The largest absolute Gasteiger partial charge is 3.00 e. The second kappa shape index (κ2) is 9.93. The molecule has 4 aromatic rings. The van der Waals surface area contributed by atoms with E-state index in [1.54, 1.807) is 0 Å². The minimum atomic E-state index is -10.7. The molecule has 0 saturated heterocycles. The number of halogens is 6. The maximum absolute atomic E-state index is 10.7. The van der Waals surface area contributed by atoms with Gasteiger partial charge in [0.2, 0.25) is 0 Å². The molecular formula is C22H18AuF6N6P. The molecule has 1 aromatic carbocycles. The summed E-state index contributed by atoms with van der Waals surface area (Å²) >= 11 is 0. The molecule has 4 bridgehead atoms. The van der Waals surface area contributed by atoms with Gasteiger partial charge in [-0.05, 0) is 25.0 Å². The van der Waals surface area contributed by atoms with E-state index in [9.17, 15) is 25.2 Å². The van der Waals surface area contributed by atoms with Crippen LogP contribution in [0.3, 0.4) is 0 Å². The van der Waals surface area contributed by atoms with Crippen molar-refractivity contribution in [1.29, 1.82) is 0 Å². The fraction of sp³-hybridized carbons (Fsp3) is 0.182. The molecule has 0 N–H and O–H groups in total. The molecule has 0 spiro atoms. The van der Waals surface area contributed by atoms with Gasteiger partial charge in [0.1, 0.15) is 0 Å². The molecular weight excluding hydrogens is 690 g/mol. The van der Waals surface area contributed by atoms with Crippen molar-refractivity contribution in [3.05, 3.63) is 59.9 Å². The summed E-state index contributed by atoms with van der Waals surface area (Å²) in [6.45, 7) is 1.55. The minimum absolute atomic E-state index is 0. The Morgan fingerprint density at radius 1 is 0.611 bits per heavy atom. The first-order valence-electron chi connectivity index (χ1n) is 10.4. The van der Waals surface area contributed by atoms with E-state index < -0.39 is 7.81 Å². The summed E-state index contributed by atoms with van der Waals surface area (Å²) in [5.74, 6) is 0. The Morgan fingerprint density at radius 2 is 1.00 bits per heavy atom. The summed E-state index contributed by atoms with van der Waals surface area (Å²) in [6.07, 6.45) is 5.65. The molecule has 0 fully saturated rings. The molecule has 0 saturated carbocycles. The molecule has 0 aliphatic carbocycles. The van der Waals surface area contributed by atoms with Crippen molar-refractivity contribution in [2.24, 2.45) is 9.98 Å². The number of aromatic nitrogens is 4. The van der Waals surface area contributed by atoms with E-state index in [0.29, 0.717) is 0 Å². The third-order valence-electron chi connectivity index (χ3n) is 4.65. The average Bonchev–Trinajstić information content (AvgIpc) is 3.42. The van der Waals surface area contributed by atoms with Crippen LogP contribution in [0.2, 0.25) is 0 Å². The summed E-state index contributed by atoms with van der Waals surface area (Å²) in [5.41, 5.74) is 6.35. The van der Waals surface area contributed by atoms with Gasteiger partial charge < -0.3 is 9.97 Å². The van der Waals surface area contributed by atoms with E-state index in [0.717, 1.165) is 71.1 Å². The summed E-state index contributed by atoms with van der Waals surface area (Å²) in [5, 5.41) is 0. The van der Waals surface area contributed by atoms with E-state index in [-0.39, 0.29) is 22.4 Å². The predicted octanol–water partition coefficient (Wildman–Crippen LogP) is 6.89. The van der Waals surface area contributed by atoms with Gasteiger partial charge in [0.05, 0.1) is 22.4 Å². The molecule has 14 heteroatoms.